The molecule has 182 valence electrons. The Bertz CT molecular complexity index is 991. The van der Waals surface area contributed by atoms with Crippen LogP contribution in [0.25, 0.3) is 0 Å². The third-order valence-corrected chi connectivity index (χ3v) is 7.68. The third-order valence-electron chi connectivity index (χ3n) is 5.57. The van der Waals surface area contributed by atoms with Gasteiger partial charge in [0.25, 0.3) is 5.91 Å². The van der Waals surface area contributed by atoms with Crippen LogP contribution < -0.4 is 10.0 Å². The van der Waals surface area contributed by atoms with Crippen LogP contribution in [0.2, 0.25) is 0 Å². The number of sulfonamides is 1. The van der Waals surface area contributed by atoms with Crippen molar-refractivity contribution in [3.8, 4) is 0 Å². The van der Waals surface area contributed by atoms with Crippen molar-refractivity contribution in [3.63, 3.8) is 0 Å². The van der Waals surface area contributed by atoms with Crippen LogP contribution in [0.1, 0.15) is 51.9 Å². The van der Waals surface area contributed by atoms with Crippen molar-refractivity contribution < 1.29 is 17.9 Å². The number of anilines is 1. The van der Waals surface area contributed by atoms with Crippen LogP contribution in [-0.4, -0.2) is 55.3 Å². The zero-order valence-corrected chi connectivity index (χ0v) is 21.3. The Kier molecular flexibility index (Phi) is 8.91. The number of morpholine rings is 1. The molecule has 0 spiro atoms. The minimum atomic E-state index is -3.52. The zero-order valence-electron chi connectivity index (χ0n) is 20.5. The largest absolute Gasteiger partial charge is 0.372 e. The van der Waals surface area contributed by atoms with E-state index < -0.39 is 14.8 Å². The molecule has 0 aromatic heterocycles. The molecule has 1 saturated heterocycles. The fraction of sp³-hybridized carbons (Fsp3) is 0.480. The Morgan fingerprint density at radius 1 is 1.21 bits per heavy atom. The predicted octanol–water partition coefficient (Wildman–Crippen LogP) is 4.08. The van der Waals surface area contributed by atoms with Gasteiger partial charge in [-0.05, 0) is 78.0 Å². The van der Waals surface area contributed by atoms with E-state index in [1.165, 1.54) is 0 Å². The maximum atomic E-state index is 12.5. The molecule has 3 atom stereocenters. The van der Waals surface area contributed by atoms with Gasteiger partial charge in [-0.1, -0.05) is 18.7 Å². The van der Waals surface area contributed by atoms with Gasteiger partial charge in [0.2, 0.25) is 10.0 Å². The fourth-order valence-electron chi connectivity index (χ4n) is 3.36. The number of amides is 1. The molecule has 2 N–H and O–H groups in total. The number of carbonyl (C=O) groups excluding carboxylic acids is 1. The van der Waals surface area contributed by atoms with Crippen LogP contribution in [0.5, 0.6) is 0 Å². The molecule has 1 aliphatic heterocycles. The molecule has 2 rings (SSSR count). The van der Waals surface area contributed by atoms with Crippen molar-refractivity contribution in [2.45, 2.75) is 64.5 Å². The molecule has 0 radical (unpaired) electrons. The second-order valence-corrected chi connectivity index (χ2v) is 11.7. The van der Waals surface area contributed by atoms with E-state index in [0.717, 1.165) is 12.2 Å². The van der Waals surface area contributed by atoms with Crippen molar-refractivity contribution in [1.82, 2.24) is 10.2 Å². The van der Waals surface area contributed by atoms with Crippen LogP contribution in [0.4, 0.5) is 5.69 Å². The number of hydrogen-bond acceptors (Lipinski definition) is 5. The van der Waals surface area contributed by atoms with E-state index in [9.17, 15) is 13.2 Å². The van der Waals surface area contributed by atoms with E-state index in [0.29, 0.717) is 17.8 Å². The summed E-state index contributed by atoms with van der Waals surface area (Å²) in [5, 5.41) is 2.86. The topological polar surface area (TPSA) is 87.7 Å². The molecule has 1 unspecified atom stereocenters. The highest BCUT2D eigenvalue weighted by molar-refractivity contribution is 7.94. The Hall–Kier alpha value is -2.58. The summed E-state index contributed by atoms with van der Waals surface area (Å²) in [7, 11) is -3.52. The van der Waals surface area contributed by atoms with Gasteiger partial charge >= 0.3 is 0 Å². The lowest BCUT2D eigenvalue weighted by atomic mass is 10.1. The highest BCUT2D eigenvalue weighted by Gasteiger charge is 2.30. The molecule has 1 heterocycles. The smallest absolute Gasteiger partial charge is 0.251 e. The Morgan fingerprint density at radius 2 is 1.85 bits per heavy atom. The van der Waals surface area contributed by atoms with Crippen molar-refractivity contribution in [3.05, 3.63) is 66.4 Å². The molecular weight excluding hydrogens is 438 g/mol. The lowest BCUT2D eigenvalue weighted by Crippen LogP contribution is -2.50. The highest BCUT2D eigenvalue weighted by Crippen LogP contribution is 2.23. The number of nitrogens with zero attached hydrogens (tertiary/aromatic N) is 1. The first-order valence-electron chi connectivity index (χ1n) is 11.2. The van der Waals surface area contributed by atoms with Gasteiger partial charge in [0.1, 0.15) is 0 Å². The van der Waals surface area contributed by atoms with Gasteiger partial charge in [0.05, 0.1) is 23.0 Å². The average Bonchev–Trinajstić information content (AvgIpc) is 2.72. The number of nitrogens with one attached hydrogen (secondary N) is 2. The predicted molar refractivity (Wildman–Crippen MR) is 135 cm³/mol. The van der Waals surface area contributed by atoms with Crippen LogP contribution in [0.15, 0.2) is 60.8 Å². The van der Waals surface area contributed by atoms with Gasteiger partial charge in [-0.25, -0.2) is 8.42 Å². The number of ether oxygens (including phenoxy) is 1. The third kappa shape index (κ3) is 7.20. The van der Waals surface area contributed by atoms with Gasteiger partial charge in [0.15, 0.2) is 0 Å². The summed E-state index contributed by atoms with van der Waals surface area (Å²) in [6.07, 6.45) is 7.84. The van der Waals surface area contributed by atoms with E-state index in [2.05, 4.69) is 42.3 Å². The molecule has 0 bridgehead atoms. The summed E-state index contributed by atoms with van der Waals surface area (Å²) in [5.74, 6) is -0.235. The molecule has 0 saturated carbocycles. The average molecular weight is 476 g/mol. The standard InChI is InChI=1S/C25H37N3O4S/c1-8-10-23(28-17-18(2)32-20(4)19(28)3)11-9-16-26-24(29)21-12-14-22(15-13-21)27-33(30,31)25(5,6)7/h8-15,18-20,27H,1,16-17H2,2-7H3,(H,26,29)/b11-9-,23-10+/t18-,19?,20+/m0/s1. The van der Waals surface area contributed by atoms with E-state index in [4.69, 9.17) is 4.74 Å². The summed E-state index contributed by atoms with van der Waals surface area (Å²) in [6.45, 7) is 16.1. The fourth-order valence-corrected chi connectivity index (χ4v) is 4.11. The van der Waals surface area contributed by atoms with Gasteiger partial charge in [-0.15, -0.1) is 0 Å². The summed E-state index contributed by atoms with van der Waals surface area (Å²) < 4.78 is 32.1. The Labute approximate surface area is 198 Å². The van der Waals surface area contributed by atoms with E-state index >= 15 is 0 Å². The molecule has 1 fully saturated rings. The lowest BCUT2D eigenvalue weighted by Gasteiger charge is -2.43. The maximum Gasteiger partial charge on any atom is 0.251 e. The molecule has 1 aromatic rings. The minimum Gasteiger partial charge on any atom is -0.372 e. The second-order valence-electron chi connectivity index (χ2n) is 9.28. The monoisotopic (exact) mass is 475 g/mol. The summed E-state index contributed by atoms with van der Waals surface area (Å²) >= 11 is 0. The van der Waals surface area contributed by atoms with Crippen molar-refractivity contribution >= 4 is 21.6 Å². The van der Waals surface area contributed by atoms with E-state index in [1.54, 1.807) is 51.1 Å². The summed E-state index contributed by atoms with van der Waals surface area (Å²) in [6, 6.07) is 6.59. The van der Waals surface area contributed by atoms with Crippen LogP contribution in [0.3, 0.4) is 0 Å². The Balaban J connectivity index is 1.97. The number of carbonyl (C=O) groups is 1. The first kappa shape index (κ1) is 26.7. The number of benzene rings is 1. The number of rotatable bonds is 8. The summed E-state index contributed by atoms with van der Waals surface area (Å²) in [4.78, 5) is 14.8. The lowest BCUT2D eigenvalue weighted by molar-refractivity contribution is -0.0864. The first-order chi connectivity index (χ1) is 15.4. The Morgan fingerprint density at radius 3 is 2.42 bits per heavy atom. The molecule has 1 aromatic carbocycles. The molecule has 7 nitrogen and oxygen atoms in total. The van der Waals surface area contributed by atoms with Gasteiger partial charge in [0, 0.05) is 30.0 Å². The normalized spacial score (nSPS) is 22.3. The first-order valence-corrected chi connectivity index (χ1v) is 12.7. The summed E-state index contributed by atoms with van der Waals surface area (Å²) in [5.41, 5.74) is 1.89. The van der Waals surface area contributed by atoms with Crippen LogP contribution in [-0.2, 0) is 14.8 Å². The van der Waals surface area contributed by atoms with E-state index in [1.807, 2.05) is 18.2 Å². The van der Waals surface area contributed by atoms with Crippen LogP contribution >= 0.6 is 0 Å². The molecule has 33 heavy (non-hydrogen) atoms. The molecule has 1 amide bonds. The van der Waals surface area contributed by atoms with Gasteiger partial charge in [-0.2, -0.15) is 0 Å². The molecule has 8 heteroatoms. The molecule has 0 aliphatic carbocycles. The number of hydrogen-bond donors (Lipinski definition) is 2. The van der Waals surface area contributed by atoms with Crippen molar-refractivity contribution in [1.29, 1.82) is 0 Å². The number of allylic oxidation sites excluding steroid dienone is 3. The van der Waals surface area contributed by atoms with Gasteiger partial charge in [-0.3, -0.25) is 9.52 Å². The second kappa shape index (κ2) is 11.0. The minimum absolute atomic E-state index is 0.117. The van der Waals surface area contributed by atoms with Crippen LogP contribution in [0, 0.1) is 0 Å². The SMILES string of the molecule is C=C/C=C(\C=C/CNC(=O)c1ccc(NS(=O)(=O)C(C)(C)C)cc1)N1C[C@H](C)O[C@H](C)C1C. The van der Waals surface area contributed by atoms with E-state index in [-0.39, 0.29) is 24.2 Å². The zero-order chi connectivity index (χ0) is 24.8. The quantitative estimate of drug-likeness (QED) is 0.553. The van der Waals surface area contributed by atoms with Gasteiger partial charge < -0.3 is 15.0 Å². The van der Waals surface area contributed by atoms with Crippen molar-refractivity contribution in [2.75, 3.05) is 17.8 Å². The van der Waals surface area contributed by atoms with Crippen molar-refractivity contribution in [2.24, 2.45) is 0 Å². The maximum absolute atomic E-state index is 12.5. The molecule has 1 aliphatic rings. The highest BCUT2D eigenvalue weighted by atomic mass is 32.2. The molecular formula is C25H37N3O4S.